The average molecular weight is 225 g/mol. The molecule has 2 fully saturated rings. The van der Waals surface area contributed by atoms with Gasteiger partial charge in [-0.15, -0.1) is 0 Å². The van der Waals surface area contributed by atoms with Crippen molar-refractivity contribution in [3.05, 3.63) is 0 Å². The highest BCUT2D eigenvalue weighted by molar-refractivity contribution is 8.00. The molecule has 4 unspecified atom stereocenters. The third-order valence-electron chi connectivity index (χ3n) is 3.52. The van der Waals surface area contributed by atoms with Crippen LogP contribution in [0.15, 0.2) is 0 Å². The van der Waals surface area contributed by atoms with E-state index < -0.39 is 0 Å². The lowest BCUT2D eigenvalue weighted by atomic mass is 9.90. The Morgan fingerprint density at radius 3 is 2.67 bits per heavy atom. The molecule has 1 saturated carbocycles. The molecule has 1 aliphatic carbocycles. The Hall–Kier alpha value is -0.200. The first kappa shape index (κ1) is 11.3. The van der Waals surface area contributed by atoms with Crippen molar-refractivity contribution in [2.45, 2.75) is 55.6 Å². The van der Waals surface area contributed by atoms with Crippen LogP contribution in [0, 0.1) is 17.2 Å². The maximum absolute atomic E-state index is 9.11. The molecule has 2 aliphatic rings. The number of rotatable bonds is 2. The van der Waals surface area contributed by atoms with Crippen LogP contribution in [0.3, 0.4) is 0 Å². The Kier molecular flexibility index (Phi) is 3.93. The van der Waals surface area contributed by atoms with Crippen molar-refractivity contribution < 1.29 is 4.74 Å². The largest absolute Gasteiger partial charge is 0.377 e. The third-order valence-corrected chi connectivity index (χ3v) is 5.41. The van der Waals surface area contributed by atoms with Gasteiger partial charge in [0.1, 0.15) is 0 Å². The first-order valence-corrected chi connectivity index (χ1v) is 6.92. The topological polar surface area (TPSA) is 33.0 Å². The fraction of sp³-hybridized carbons (Fsp3) is 0.917. The van der Waals surface area contributed by atoms with Gasteiger partial charge in [0.25, 0.3) is 0 Å². The fourth-order valence-electron chi connectivity index (χ4n) is 2.52. The highest BCUT2D eigenvalue weighted by Gasteiger charge is 2.32. The SMILES string of the molecule is CC1OCCC1SC1CCCCC1C#N. The summed E-state index contributed by atoms with van der Waals surface area (Å²) in [7, 11) is 0. The Morgan fingerprint density at radius 2 is 2.00 bits per heavy atom. The lowest BCUT2D eigenvalue weighted by Crippen LogP contribution is -2.25. The highest BCUT2D eigenvalue weighted by Crippen LogP contribution is 2.39. The second kappa shape index (κ2) is 5.23. The van der Waals surface area contributed by atoms with Gasteiger partial charge in [-0.3, -0.25) is 0 Å². The van der Waals surface area contributed by atoms with Gasteiger partial charge in [-0.2, -0.15) is 17.0 Å². The molecule has 0 spiro atoms. The van der Waals surface area contributed by atoms with Gasteiger partial charge in [0.2, 0.25) is 0 Å². The van der Waals surface area contributed by atoms with Crippen LogP contribution in [0.1, 0.15) is 39.0 Å². The lowest BCUT2D eigenvalue weighted by molar-refractivity contribution is 0.127. The molecule has 0 amide bonds. The van der Waals surface area contributed by atoms with Crippen molar-refractivity contribution in [1.82, 2.24) is 0 Å². The molecule has 0 N–H and O–H groups in total. The number of nitriles is 1. The molecule has 0 aromatic heterocycles. The Balaban J connectivity index is 1.89. The summed E-state index contributed by atoms with van der Waals surface area (Å²) < 4.78 is 5.57. The van der Waals surface area contributed by atoms with Gasteiger partial charge in [-0.1, -0.05) is 12.8 Å². The summed E-state index contributed by atoms with van der Waals surface area (Å²) >= 11 is 2.02. The smallest absolute Gasteiger partial charge is 0.0667 e. The lowest BCUT2D eigenvalue weighted by Gasteiger charge is -2.29. The summed E-state index contributed by atoms with van der Waals surface area (Å²) in [6.07, 6.45) is 6.43. The van der Waals surface area contributed by atoms with Gasteiger partial charge >= 0.3 is 0 Å². The molecule has 0 bridgehead atoms. The molecule has 0 radical (unpaired) electrons. The number of thioether (sulfide) groups is 1. The number of ether oxygens (including phenoxy) is 1. The molecule has 0 aromatic carbocycles. The van der Waals surface area contributed by atoms with E-state index in [0.29, 0.717) is 16.6 Å². The average Bonchev–Trinajstić information content (AvgIpc) is 2.65. The summed E-state index contributed by atoms with van der Waals surface area (Å²) in [5, 5.41) is 10.3. The number of hydrogen-bond donors (Lipinski definition) is 0. The van der Waals surface area contributed by atoms with E-state index in [0.717, 1.165) is 13.0 Å². The minimum atomic E-state index is 0.288. The molecule has 4 atom stereocenters. The summed E-state index contributed by atoms with van der Waals surface area (Å²) in [5.74, 6) is 0.288. The maximum Gasteiger partial charge on any atom is 0.0667 e. The van der Waals surface area contributed by atoms with Gasteiger partial charge in [0.15, 0.2) is 0 Å². The van der Waals surface area contributed by atoms with E-state index in [1.54, 1.807) is 0 Å². The van der Waals surface area contributed by atoms with Crippen molar-refractivity contribution in [2.75, 3.05) is 6.61 Å². The van der Waals surface area contributed by atoms with E-state index in [2.05, 4.69) is 13.0 Å². The van der Waals surface area contributed by atoms with Crippen LogP contribution in [0.25, 0.3) is 0 Å². The standard InChI is InChI=1S/C12H19NOS/c1-9-11(6-7-14-9)15-12-5-3-2-4-10(12)8-13/h9-12H,2-7H2,1H3. The number of nitrogens with zero attached hydrogens (tertiary/aromatic N) is 1. The van der Waals surface area contributed by atoms with Crippen molar-refractivity contribution in [3.63, 3.8) is 0 Å². The van der Waals surface area contributed by atoms with E-state index in [1.807, 2.05) is 11.8 Å². The minimum absolute atomic E-state index is 0.288. The van der Waals surface area contributed by atoms with Gasteiger partial charge < -0.3 is 4.74 Å². The van der Waals surface area contributed by atoms with Gasteiger partial charge in [0, 0.05) is 17.1 Å². The van der Waals surface area contributed by atoms with Crippen LogP contribution in [0.5, 0.6) is 0 Å². The van der Waals surface area contributed by atoms with Crippen molar-refractivity contribution >= 4 is 11.8 Å². The van der Waals surface area contributed by atoms with E-state index in [4.69, 9.17) is 10.00 Å². The number of hydrogen-bond acceptors (Lipinski definition) is 3. The van der Waals surface area contributed by atoms with E-state index in [-0.39, 0.29) is 5.92 Å². The molecule has 0 aromatic rings. The monoisotopic (exact) mass is 225 g/mol. The summed E-state index contributed by atoms with van der Waals surface area (Å²) in [6, 6.07) is 2.48. The quantitative estimate of drug-likeness (QED) is 0.724. The molecule has 84 valence electrons. The van der Waals surface area contributed by atoms with Crippen LogP contribution in [-0.4, -0.2) is 23.2 Å². The molecule has 1 saturated heterocycles. The van der Waals surface area contributed by atoms with E-state index >= 15 is 0 Å². The van der Waals surface area contributed by atoms with Crippen molar-refractivity contribution in [3.8, 4) is 6.07 Å². The van der Waals surface area contributed by atoms with E-state index in [9.17, 15) is 0 Å². The van der Waals surface area contributed by atoms with Gasteiger partial charge in [-0.25, -0.2) is 0 Å². The zero-order valence-corrected chi connectivity index (χ0v) is 10.1. The van der Waals surface area contributed by atoms with Gasteiger partial charge in [-0.05, 0) is 26.2 Å². The predicted molar refractivity (Wildman–Crippen MR) is 62.8 cm³/mol. The van der Waals surface area contributed by atoms with Crippen molar-refractivity contribution in [2.24, 2.45) is 5.92 Å². The first-order valence-electron chi connectivity index (χ1n) is 5.98. The Morgan fingerprint density at radius 1 is 1.20 bits per heavy atom. The van der Waals surface area contributed by atoms with Crippen LogP contribution in [0.4, 0.5) is 0 Å². The first-order chi connectivity index (χ1) is 7.31. The van der Waals surface area contributed by atoms with E-state index in [1.165, 1.54) is 25.7 Å². The van der Waals surface area contributed by atoms with Crippen LogP contribution >= 0.6 is 11.8 Å². The summed E-state index contributed by atoms with van der Waals surface area (Å²) in [4.78, 5) is 0. The molecular formula is C12H19NOS. The zero-order valence-electron chi connectivity index (χ0n) is 9.32. The zero-order chi connectivity index (χ0) is 10.7. The third kappa shape index (κ3) is 2.68. The summed E-state index contributed by atoms with van der Waals surface area (Å²) in [5.41, 5.74) is 0. The fourth-order valence-corrected chi connectivity index (χ4v) is 4.19. The molecule has 2 nitrogen and oxygen atoms in total. The molecule has 3 heteroatoms. The molecule has 1 aliphatic heterocycles. The van der Waals surface area contributed by atoms with Crippen LogP contribution < -0.4 is 0 Å². The minimum Gasteiger partial charge on any atom is -0.377 e. The van der Waals surface area contributed by atoms with Crippen LogP contribution in [0.2, 0.25) is 0 Å². The Bertz CT molecular complexity index is 250. The predicted octanol–water partition coefficient (Wildman–Crippen LogP) is 2.98. The molecule has 1 heterocycles. The second-order valence-electron chi connectivity index (χ2n) is 4.60. The normalized spacial score (nSPS) is 41.3. The van der Waals surface area contributed by atoms with Crippen molar-refractivity contribution in [1.29, 1.82) is 5.26 Å². The summed E-state index contributed by atoms with van der Waals surface area (Å²) in [6.45, 7) is 3.07. The van der Waals surface area contributed by atoms with Gasteiger partial charge in [0.05, 0.1) is 18.1 Å². The molecular weight excluding hydrogens is 206 g/mol. The van der Waals surface area contributed by atoms with Crippen LogP contribution in [-0.2, 0) is 4.74 Å². The molecule has 15 heavy (non-hydrogen) atoms. The Labute approximate surface area is 96.4 Å². The maximum atomic E-state index is 9.11. The molecule has 2 rings (SSSR count). The second-order valence-corrected chi connectivity index (χ2v) is 6.08. The highest BCUT2D eigenvalue weighted by atomic mass is 32.2.